The van der Waals surface area contributed by atoms with Crippen molar-refractivity contribution in [2.45, 2.75) is 19.4 Å². The van der Waals surface area contributed by atoms with Crippen LogP contribution in [0.4, 0.5) is 0 Å². The fourth-order valence-electron chi connectivity index (χ4n) is 2.60. The summed E-state index contributed by atoms with van der Waals surface area (Å²) in [6.45, 7) is 0.770. The standard InChI is InChI=1S/C21H26N2O5/c1-26-17-7-4-15(5-8-17)10-11-22-20(24)13-21(25)23-14-16-6-9-18(27-2)19(12-16)28-3/h4-9,12H,10-11,13-14H2,1-3H3,(H,22,24)(H,23,25). The van der Waals surface area contributed by atoms with Crippen LogP contribution in [0, 0.1) is 0 Å². The van der Waals surface area contributed by atoms with Crippen molar-refractivity contribution in [3.05, 3.63) is 53.6 Å². The molecule has 0 aliphatic heterocycles. The van der Waals surface area contributed by atoms with Crippen LogP contribution < -0.4 is 24.8 Å². The van der Waals surface area contributed by atoms with Gasteiger partial charge in [-0.15, -0.1) is 0 Å². The summed E-state index contributed by atoms with van der Waals surface area (Å²) in [7, 11) is 4.73. The molecule has 0 atom stereocenters. The lowest BCUT2D eigenvalue weighted by Crippen LogP contribution is -2.32. The molecule has 0 saturated carbocycles. The van der Waals surface area contributed by atoms with E-state index in [2.05, 4.69) is 10.6 Å². The lowest BCUT2D eigenvalue weighted by Gasteiger charge is -2.10. The van der Waals surface area contributed by atoms with E-state index in [0.717, 1.165) is 16.9 Å². The van der Waals surface area contributed by atoms with Gasteiger partial charge in [-0.1, -0.05) is 18.2 Å². The number of hydrogen-bond donors (Lipinski definition) is 2. The minimum atomic E-state index is -0.336. The molecule has 7 nitrogen and oxygen atoms in total. The first kappa shape index (κ1) is 21.1. The summed E-state index contributed by atoms with van der Waals surface area (Å²) in [4.78, 5) is 23.9. The molecule has 7 heteroatoms. The monoisotopic (exact) mass is 386 g/mol. The van der Waals surface area contributed by atoms with Crippen LogP contribution in [-0.2, 0) is 22.6 Å². The van der Waals surface area contributed by atoms with E-state index in [1.165, 1.54) is 0 Å². The first-order chi connectivity index (χ1) is 13.5. The van der Waals surface area contributed by atoms with Crippen molar-refractivity contribution in [1.82, 2.24) is 10.6 Å². The van der Waals surface area contributed by atoms with Crippen molar-refractivity contribution in [3.63, 3.8) is 0 Å². The van der Waals surface area contributed by atoms with Crippen LogP contribution in [0.5, 0.6) is 17.2 Å². The Bertz CT molecular complexity index is 790. The van der Waals surface area contributed by atoms with Gasteiger partial charge in [0.1, 0.15) is 12.2 Å². The molecule has 0 unspecified atom stereocenters. The average Bonchev–Trinajstić information content (AvgIpc) is 2.72. The van der Waals surface area contributed by atoms with Crippen LogP contribution in [0.25, 0.3) is 0 Å². The predicted molar refractivity (Wildman–Crippen MR) is 106 cm³/mol. The molecule has 0 aliphatic rings. The zero-order valence-electron chi connectivity index (χ0n) is 16.4. The molecular weight excluding hydrogens is 360 g/mol. The molecule has 150 valence electrons. The summed E-state index contributed by atoms with van der Waals surface area (Å²) in [5, 5.41) is 5.48. The number of ether oxygens (including phenoxy) is 3. The normalized spacial score (nSPS) is 10.1. The van der Waals surface area contributed by atoms with Crippen molar-refractivity contribution in [3.8, 4) is 17.2 Å². The molecule has 0 radical (unpaired) electrons. The van der Waals surface area contributed by atoms with Gasteiger partial charge in [0, 0.05) is 13.1 Å². The first-order valence-corrected chi connectivity index (χ1v) is 8.93. The molecule has 0 aliphatic carbocycles. The Morgan fingerprint density at radius 1 is 0.786 bits per heavy atom. The summed E-state index contributed by atoms with van der Waals surface area (Å²) >= 11 is 0. The molecule has 2 aromatic rings. The molecule has 0 bridgehead atoms. The highest BCUT2D eigenvalue weighted by molar-refractivity contribution is 5.96. The largest absolute Gasteiger partial charge is 0.497 e. The number of benzene rings is 2. The molecule has 0 spiro atoms. The number of hydrogen-bond acceptors (Lipinski definition) is 5. The Morgan fingerprint density at radius 2 is 1.43 bits per heavy atom. The minimum absolute atomic E-state index is 0.212. The second-order valence-corrected chi connectivity index (χ2v) is 6.09. The third-order valence-electron chi connectivity index (χ3n) is 4.15. The summed E-state index contributed by atoms with van der Waals surface area (Å²) in [5.41, 5.74) is 1.94. The number of amides is 2. The molecule has 0 saturated heterocycles. The molecule has 0 fully saturated rings. The number of carbonyl (C=O) groups excluding carboxylic acids is 2. The summed E-state index contributed by atoms with van der Waals surface area (Å²) < 4.78 is 15.5. The zero-order valence-corrected chi connectivity index (χ0v) is 16.4. The number of methoxy groups -OCH3 is 3. The smallest absolute Gasteiger partial charge is 0.229 e. The van der Waals surface area contributed by atoms with Gasteiger partial charge in [-0.25, -0.2) is 0 Å². The average molecular weight is 386 g/mol. The van der Waals surface area contributed by atoms with Crippen LogP contribution in [0.3, 0.4) is 0 Å². The van der Waals surface area contributed by atoms with Gasteiger partial charge in [-0.3, -0.25) is 9.59 Å². The Morgan fingerprint density at radius 3 is 2.07 bits per heavy atom. The van der Waals surface area contributed by atoms with Crippen molar-refractivity contribution >= 4 is 11.8 Å². The van der Waals surface area contributed by atoms with E-state index in [1.54, 1.807) is 33.5 Å². The first-order valence-electron chi connectivity index (χ1n) is 8.93. The highest BCUT2D eigenvalue weighted by Crippen LogP contribution is 2.27. The number of nitrogens with one attached hydrogen (secondary N) is 2. The SMILES string of the molecule is COc1ccc(CCNC(=O)CC(=O)NCc2ccc(OC)c(OC)c2)cc1. The van der Waals surface area contributed by atoms with Crippen molar-refractivity contribution in [1.29, 1.82) is 0 Å². The quantitative estimate of drug-likeness (QED) is 0.611. The maximum absolute atomic E-state index is 12.0. The predicted octanol–water partition coefficient (Wildman–Crippen LogP) is 2.08. The van der Waals surface area contributed by atoms with E-state index in [1.807, 2.05) is 30.3 Å². The van der Waals surface area contributed by atoms with Crippen LogP contribution in [0.15, 0.2) is 42.5 Å². The van der Waals surface area contributed by atoms with Gasteiger partial charge in [0.05, 0.1) is 21.3 Å². The molecule has 2 rings (SSSR count). The van der Waals surface area contributed by atoms with E-state index < -0.39 is 0 Å². The molecule has 28 heavy (non-hydrogen) atoms. The molecule has 0 heterocycles. The van der Waals surface area contributed by atoms with E-state index >= 15 is 0 Å². The Hall–Kier alpha value is -3.22. The van der Waals surface area contributed by atoms with Crippen molar-refractivity contribution in [2.24, 2.45) is 0 Å². The third-order valence-corrected chi connectivity index (χ3v) is 4.15. The summed E-state index contributed by atoms with van der Waals surface area (Å²) in [5.74, 6) is 1.35. The van der Waals surface area contributed by atoms with Crippen LogP contribution in [-0.4, -0.2) is 39.7 Å². The topological polar surface area (TPSA) is 85.9 Å². The fraction of sp³-hybridized carbons (Fsp3) is 0.333. The molecule has 2 N–H and O–H groups in total. The second kappa shape index (κ2) is 10.8. The van der Waals surface area contributed by atoms with E-state index in [0.29, 0.717) is 31.0 Å². The van der Waals surface area contributed by atoms with Gasteiger partial charge in [0.2, 0.25) is 11.8 Å². The maximum atomic E-state index is 12.0. The van der Waals surface area contributed by atoms with Gasteiger partial charge < -0.3 is 24.8 Å². The van der Waals surface area contributed by atoms with Gasteiger partial charge in [0.25, 0.3) is 0 Å². The van der Waals surface area contributed by atoms with Gasteiger partial charge in [-0.2, -0.15) is 0 Å². The molecular formula is C21H26N2O5. The van der Waals surface area contributed by atoms with Crippen molar-refractivity contribution < 1.29 is 23.8 Å². The number of rotatable bonds is 10. The van der Waals surface area contributed by atoms with E-state index in [9.17, 15) is 9.59 Å². The third kappa shape index (κ3) is 6.50. The van der Waals surface area contributed by atoms with Crippen LogP contribution in [0.1, 0.15) is 17.5 Å². The van der Waals surface area contributed by atoms with Crippen molar-refractivity contribution in [2.75, 3.05) is 27.9 Å². The maximum Gasteiger partial charge on any atom is 0.229 e. The summed E-state index contributed by atoms with van der Waals surface area (Å²) in [6, 6.07) is 13.0. The lowest BCUT2D eigenvalue weighted by atomic mass is 10.1. The van der Waals surface area contributed by atoms with Gasteiger partial charge in [0.15, 0.2) is 11.5 Å². The fourth-order valence-corrected chi connectivity index (χ4v) is 2.60. The molecule has 0 aromatic heterocycles. The van der Waals surface area contributed by atoms with Gasteiger partial charge >= 0.3 is 0 Å². The molecule has 2 amide bonds. The highest BCUT2D eigenvalue weighted by atomic mass is 16.5. The highest BCUT2D eigenvalue weighted by Gasteiger charge is 2.10. The Labute approximate surface area is 165 Å². The van der Waals surface area contributed by atoms with Gasteiger partial charge in [-0.05, 0) is 41.8 Å². The Kier molecular flexibility index (Phi) is 8.14. The van der Waals surface area contributed by atoms with E-state index in [4.69, 9.17) is 14.2 Å². The van der Waals surface area contributed by atoms with E-state index in [-0.39, 0.29) is 18.2 Å². The van der Waals surface area contributed by atoms with Crippen LogP contribution in [0.2, 0.25) is 0 Å². The van der Waals surface area contributed by atoms with Crippen LogP contribution >= 0.6 is 0 Å². The minimum Gasteiger partial charge on any atom is -0.497 e. The number of carbonyl (C=O) groups is 2. The second-order valence-electron chi connectivity index (χ2n) is 6.09. The molecule has 2 aromatic carbocycles. The zero-order chi connectivity index (χ0) is 20.4. The lowest BCUT2D eigenvalue weighted by molar-refractivity contribution is -0.129. The Balaban J connectivity index is 1.71. The summed E-state index contributed by atoms with van der Waals surface area (Å²) in [6.07, 6.45) is 0.471.